The van der Waals surface area contributed by atoms with Crippen LogP contribution < -0.4 is 10.0 Å². The number of fused-ring (bicyclic) bond motifs is 1. The number of carbonyl (C=O) groups excluding carboxylic acids is 1. The van der Waals surface area contributed by atoms with Gasteiger partial charge in [-0.3, -0.25) is 4.79 Å². The summed E-state index contributed by atoms with van der Waals surface area (Å²) < 4.78 is 53.2. The van der Waals surface area contributed by atoms with Gasteiger partial charge in [-0.05, 0) is 54.7 Å². The largest absolute Gasteiger partial charge is 0.345 e. The predicted molar refractivity (Wildman–Crippen MR) is 133 cm³/mol. The molecule has 3 aromatic rings. The lowest BCUT2D eigenvalue weighted by Gasteiger charge is -2.22. The number of amides is 1. The Morgan fingerprint density at radius 3 is 2.69 bits per heavy atom. The third kappa shape index (κ3) is 5.22. The van der Waals surface area contributed by atoms with Crippen molar-refractivity contribution in [2.75, 3.05) is 5.32 Å². The fraction of sp³-hybridized carbons (Fsp3) is 0.231. The number of aromatic nitrogens is 1. The molecule has 0 fully saturated rings. The van der Waals surface area contributed by atoms with E-state index >= 15 is 0 Å². The van der Waals surface area contributed by atoms with Gasteiger partial charge in [0.15, 0.2) is 0 Å². The smallest absolute Gasteiger partial charge is 0.272 e. The lowest BCUT2D eigenvalue weighted by Crippen LogP contribution is -2.36. The van der Waals surface area contributed by atoms with E-state index in [1.165, 1.54) is 35.0 Å². The van der Waals surface area contributed by atoms with Crippen LogP contribution in [0.1, 0.15) is 40.5 Å². The van der Waals surface area contributed by atoms with Crippen LogP contribution in [0, 0.1) is 33.7 Å². The first-order valence-electron chi connectivity index (χ1n) is 11.3. The van der Waals surface area contributed by atoms with Gasteiger partial charge < -0.3 is 9.88 Å². The molecule has 2 unspecified atom stereocenters. The van der Waals surface area contributed by atoms with E-state index in [0.717, 1.165) is 11.6 Å². The Hall–Kier alpha value is -3.81. The molecule has 3 N–H and O–H groups in total. The minimum Gasteiger partial charge on any atom is -0.345 e. The van der Waals surface area contributed by atoms with Gasteiger partial charge in [-0.25, -0.2) is 22.5 Å². The summed E-state index contributed by atoms with van der Waals surface area (Å²) in [5.41, 5.74) is 1.57. The molecule has 186 valence electrons. The molecule has 1 aliphatic heterocycles. The number of nitrogens with zero attached hydrogens (tertiary/aromatic N) is 2. The van der Waals surface area contributed by atoms with Gasteiger partial charge in [0.05, 0.1) is 10.5 Å². The number of carbonyl (C=O) groups is 1. The van der Waals surface area contributed by atoms with E-state index < -0.39 is 21.6 Å². The molecule has 0 saturated carbocycles. The maximum Gasteiger partial charge on any atom is 0.272 e. The van der Waals surface area contributed by atoms with Gasteiger partial charge in [0.1, 0.15) is 33.3 Å². The molecule has 1 aromatic heterocycles. The Balaban J connectivity index is 1.57. The molecule has 1 amide bonds. The monoisotopic (exact) mass is 509 g/mol. The Morgan fingerprint density at radius 2 is 2.00 bits per heavy atom. The molecule has 36 heavy (non-hydrogen) atoms. The van der Waals surface area contributed by atoms with Gasteiger partial charge in [0, 0.05) is 30.5 Å². The molecular formula is C26H25F2N5O2S. The molecule has 0 spiro atoms. The highest BCUT2D eigenvalue weighted by Gasteiger charge is 2.30. The maximum absolute atomic E-state index is 13.6. The van der Waals surface area contributed by atoms with Crippen molar-refractivity contribution in [3.63, 3.8) is 0 Å². The minimum atomic E-state index is -3.44. The molecule has 0 bridgehead atoms. The fourth-order valence-electron chi connectivity index (χ4n) is 4.19. The summed E-state index contributed by atoms with van der Waals surface area (Å²) >= 11 is 0. The van der Waals surface area contributed by atoms with Crippen molar-refractivity contribution < 1.29 is 17.8 Å². The highest BCUT2D eigenvalue weighted by molar-refractivity contribution is 7.90. The van der Waals surface area contributed by atoms with Gasteiger partial charge in [0.25, 0.3) is 5.91 Å². The van der Waals surface area contributed by atoms with Crippen LogP contribution in [0.3, 0.4) is 0 Å². The first kappa shape index (κ1) is 25.3. The van der Waals surface area contributed by atoms with Gasteiger partial charge in [-0.15, -0.1) is 0 Å². The Bertz CT molecular complexity index is 1490. The third-order valence-electron chi connectivity index (χ3n) is 6.24. The topological polar surface area (TPSA) is 111 Å². The zero-order chi connectivity index (χ0) is 26.0. The van der Waals surface area contributed by atoms with Crippen molar-refractivity contribution in [3.8, 4) is 6.07 Å². The highest BCUT2D eigenvalue weighted by atomic mass is 32.2. The lowest BCUT2D eigenvalue weighted by molar-refractivity contribution is 0.101. The molecule has 2 heterocycles. The number of nitriles is 1. The number of hydrogen-bond donors (Lipinski definition) is 3. The number of benzene rings is 2. The molecule has 10 heteroatoms. The molecule has 0 saturated heterocycles. The van der Waals surface area contributed by atoms with Crippen molar-refractivity contribution in [3.05, 3.63) is 88.8 Å². The van der Waals surface area contributed by atoms with Gasteiger partial charge in [-0.2, -0.15) is 5.26 Å². The van der Waals surface area contributed by atoms with Crippen molar-refractivity contribution >= 4 is 27.6 Å². The third-order valence-corrected chi connectivity index (χ3v) is 7.79. The van der Waals surface area contributed by atoms with Crippen molar-refractivity contribution in [1.29, 1.82) is 10.0 Å². The Morgan fingerprint density at radius 1 is 1.28 bits per heavy atom. The number of nitrogens with one attached hydrogen (secondary N) is 3. The molecule has 0 aliphatic carbocycles. The molecule has 1 aliphatic rings. The minimum absolute atomic E-state index is 0.00358. The van der Waals surface area contributed by atoms with Crippen LogP contribution in [0.4, 0.5) is 14.5 Å². The number of anilines is 1. The normalized spacial score (nSPS) is 19.7. The second-order valence-electron chi connectivity index (χ2n) is 8.83. The van der Waals surface area contributed by atoms with Crippen LogP contribution in [-0.2, 0) is 23.4 Å². The number of halogens is 2. The summed E-state index contributed by atoms with van der Waals surface area (Å²) in [6.45, 7) is 1.98. The second-order valence-corrected chi connectivity index (χ2v) is 10.6. The molecule has 7 nitrogen and oxygen atoms in total. The van der Waals surface area contributed by atoms with Crippen LogP contribution in [0.5, 0.6) is 0 Å². The van der Waals surface area contributed by atoms with Crippen LogP contribution in [0.2, 0.25) is 0 Å². The van der Waals surface area contributed by atoms with Crippen molar-refractivity contribution in [2.24, 2.45) is 13.0 Å². The lowest BCUT2D eigenvalue weighted by atomic mass is 9.94. The van der Waals surface area contributed by atoms with Crippen LogP contribution in [0.15, 0.2) is 59.6 Å². The Labute approximate surface area is 208 Å². The molecule has 4 rings (SSSR count). The predicted octanol–water partition coefficient (Wildman–Crippen LogP) is 5.00. The number of aryl methyl sites for hydroxylation is 2. The highest BCUT2D eigenvalue weighted by Crippen LogP contribution is 2.29. The van der Waals surface area contributed by atoms with Crippen LogP contribution in [-0.4, -0.2) is 20.7 Å². The fourth-order valence-corrected chi connectivity index (χ4v) is 5.80. The summed E-state index contributed by atoms with van der Waals surface area (Å²) in [5.74, 6) is -1.53. The van der Waals surface area contributed by atoms with Crippen LogP contribution in [0.25, 0.3) is 6.08 Å². The van der Waals surface area contributed by atoms with E-state index in [0.29, 0.717) is 18.4 Å². The quantitative estimate of drug-likeness (QED) is 0.435. The molecular weight excluding hydrogens is 484 g/mol. The zero-order valence-electron chi connectivity index (χ0n) is 19.7. The standard InChI is InChI=1S/C26H25F2N5O2S/c1-16(3-4-17-5-7-19(27)8-6-17)23-12-10-21-24(36(30,35)32-23)15-33(2)25(21)26(34)31-20-9-11-22(28)18(13-20)14-29/h5-13,15-16,23H,3-4H2,1-2H3,(H,31,34)(H2,30,32,35)/t16-,23?,36?/m0/s1. The summed E-state index contributed by atoms with van der Waals surface area (Å²) in [7, 11) is -1.83. The van der Waals surface area contributed by atoms with E-state index in [-0.39, 0.29) is 39.6 Å². The maximum atomic E-state index is 13.6. The van der Waals surface area contributed by atoms with Crippen LogP contribution >= 0.6 is 0 Å². The average Bonchev–Trinajstić information content (AvgIpc) is 3.13. The summed E-state index contributed by atoms with van der Waals surface area (Å²) in [6.07, 6.45) is 6.39. The van der Waals surface area contributed by atoms with E-state index in [4.69, 9.17) is 10.0 Å². The van der Waals surface area contributed by atoms with Crippen molar-refractivity contribution in [2.45, 2.75) is 30.7 Å². The van der Waals surface area contributed by atoms with E-state index in [1.807, 2.05) is 6.92 Å². The molecule has 3 atom stereocenters. The zero-order valence-corrected chi connectivity index (χ0v) is 20.5. The average molecular weight is 510 g/mol. The van der Waals surface area contributed by atoms with E-state index in [9.17, 15) is 17.8 Å². The Kier molecular flexibility index (Phi) is 7.06. The van der Waals surface area contributed by atoms with E-state index in [1.54, 1.807) is 37.4 Å². The SMILES string of the molecule is C[C@@H](CCc1ccc(F)cc1)C1C=Cc2c(cn(C)c2C(=O)Nc2ccc(F)c(C#N)c2)S(=N)(=O)N1. The summed E-state index contributed by atoms with van der Waals surface area (Å²) in [5, 5.41) is 11.7. The van der Waals surface area contributed by atoms with Gasteiger partial charge in [0.2, 0.25) is 0 Å². The first-order valence-corrected chi connectivity index (χ1v) is 12.8. The van der Waals surface area contributed by atoms with E-state index in [2.05, 4.69) is 10.0 Å². The van der Waals surface area contributed by atoms with Gasteiger partial charge >= 0.3 is 0 Å². The summed E-state index contributed by atoms with van der Waals surface area (Å²) in [6, 6.07) is 11.3. The molecule has 0 radical (unpaired) electrons. The number of hydrogen-bond acceptors (Lipinski definition) is 4. The van der Waals surface area contributed by atoms with Gasteiger partial charge in [-0.1, -0.05) is 31.2 Å². The number of rotatable bonds is 6. The summed E-state index contributed by atoms with van der Waals surface area (Å²) in [4.78, 5) is 13.3. The first-order chi connectivity index (χ1) is 17.1. The van der Waals surface area contributed by atoms with Crippen molar-refractivity contribution in [1.82, 2.24) is 9.29 Å². The second kappa shape index (κ2) is 10.0. The molecule has 2 aromatic carbocycles.